The molecule has 5 nitrogen and oxygen atoms in total. The molecule has 1 aliphatic carbocycles. The van der Waals surface area contributed by atoms with Crippen molar-refractivity contribution in [2.75, 3.05) is 12.0 Å². The number of hydrogen-bond acceptors (Lipinski definition) is 4. The van der Waals surface area contributed by atoms with Crippen LogP contribution < -0.4 is 14.4 Å². The number of aliphatic hydroxyl groups is 1. The van der Waals surface area contributed by atoms with E-state index in [4.69, 9.17) is 9.47 Å². The van der Waals surface area contributed by atoms with E-state index in [1.54, 1.807) is 18.1 Å². The fourth-order valence-electron chi connectivity index (χ4n) is 4.13. The Bertz CT molecular complexity index is 857. The lowest BCUT2D eigenvalue weighted by Gasteiger charge is -2.24. The highest BCUT2D eigenvalue weighted by atomic mass is 16.5. The highest BCUT2D eigenvalue weighted by Gasteiger charge is 2.35. The summed E-state index contributed by atoms with van der Waals surface area (Å²) in [4.78, 5) is 14.8. The van der Waals surface area contributed by atoms with Crippen LogP contribution in [0, 0.1) is 0 Å². The predicted molar refractivity (Wildman–Crippen MR) is 103 cm³/mol. The number of methoxy groups -OCH3 is 1. The van der Waals surface area contributed by atoms with Crippen LogP contribution in [0.15, 0.2) is 36.4 Å². The molecule has 2 aromatic rings. The summed E-state index contributed by atoms with van der Waals surface area (Å²) in [6, 6.07) is 11.2. The summed E-state index contributed by atoms with van der Waals surface area (Å²) < 4.78 is 11.6. The molecule has 1 unspecified atom stereocenters. The average Bonchev–Trinajstić information content (AvgIpc) is 3.28. The molecule has 1 saturated carbocycles. The maximum Gasteiger partial charge on any atom is 0.259 e. The minimum atomic E-state index is -0.0760. The molecule has 1 amide bonds. The van der Waals surface area contributed by atoms with Crippen molar-refractivity contribution in [1.29, 1.82) is 0 Å². The van der Waals surface area contributed by atoms with Crippen LogP contribution in [0.2, 0.25) is 0 Å². The summed E-state index contributed by atoms with van der Waals surface area (Å²) in [5, 5.41) is 9.38. The maximum absolute atomic E-state index is 13.1. The van der Waals surface area contributed by atoms with Gasteiger partial charge in [-0.3, -0.25) is 4.79 Å². The Morgan fingerprint density at radius 1 is 1.11 bits per heavy atom. The summed E-state index contributed by atoms with van der Waals surface area (Å²) in [6.45, 7) is 1.95. The Hall–Kier alpha value is -2.53. The van der Waals surface area contributed by atoms with Gasteiger partial charge in [-0.2, -0.15) is 0 Å². The Labute approximate surface area is 159 Å². The van der Waals surface area contributed by atoms with Crippen LogP contribution >= 0.6 is 0 Å². The first-order valence-electron chi connectivity index (χ1n) is 9.54. The molecule has 5 heteroatoms. The summed E-state index contributed by atoms with van der Waals surface area (Å²) in [6.07, 6.45) is 4.71. The first kappa shape index (κ1) is 17.9. The standard InChI is InChI=1S/C22H25NO4/c1-14-18-9-7-15(13-24)11-19(18)22(25)23(14)16-8-10-20(26-2)21(12-16)27-17-5-3-4-6-17/h7-12,14,17,24H,3-6,13H2,1-2H3. The normalized spacial score (nSPS) is 19.4. The number of nitrogens with zero attached hydrogens (tertiary/aromatic N) is 1. The van der Waals surface area contributed by atoms with Gasteiger partial charge in [0.15, 0.2) is 11.5 Å². The second-order valence-corrected chi connectivity index (χ2v) is 7.29. The van der Waals surface area contributed by atoms with Gasteiger partial charge < -0.3 is 19.5 Å². The van der Waals surface area contributed by atoms with Crippen molar-refractivity contribution in [3.05, 3.63) is 53.1 Å². The molecule has 0 radical (unpaired) electrons. The van der Waals surface area contributed by atoms with Gasteiger partial charge in [0.2, 0.25) is 0 Å². The zero-order valence-corrected chi connectivity index (χ0v) is 15.8. The molecule has 1 atom stereocenters. The largest absolute Gasteiger partial charge is 0.493 e. The van der Waals surface area contributed by atoms with Crippen LogP contribution in [0.1, 0.15) is 60.1 Å². The predicted octanol–water partition coefficient (Wildman–Crippen LogP) is 4.23. The van der Waals surface area contributed by atoms with Crippen molar-refractivity contribution in [3.63, 3.8) is 0 Å². The number of ether oxygens (including phenoxy) is 2. The van der Waals surface area contributed by atoms with Crippen LogP contribution in [-0.4, -0.2) is 24.2 Å². The van der Waals surface area contributed by atoms with Gasteiger partial charge in [0.05, 0.1) is 25.9 Å². The summed E-state index contributed by atoms with van der Waals surface area (Å²) in [7, 11) is 1.63. The van der Waals surface area contributed by atoms with Gasteiger partial charge in [-0.25, -0.2) is 0 Å². The van der Waals surface area contributed by atoms with E-state index < -0.39 is 0 Å². The molecular formula is C22H25NO4. The first-order chi connectivity index (χ1) is 13.1. The number of carbonyl (C=O) groups is 1. The molecule has 0 spiro atoms. The topological polar surface area (TPSA) is 59.0 Å². The van der Waals surface area contributed by atoms with Crippen LogP contribution in [0.4, 0.5) is 5.69 Å². The van der Waals surface area contributed by atoms with Gasteiger partial charge in [0, 0.05) is 17.3 Å². The van der Waals surface area contributed by atoms with Crippen LogP contribution in [0.5, 0.6) is 11.5 Å². The van der Waals surface area contributed by atoms with E-state index >= 15 is 0 Å². The molecule has 2 aromatic carbocycles. The van der Waals surface area contributed by atoms with Gasteiger partial charge >= 0.3 is 0 Å². The molecule has 1 aliphatic heterocycles. The fraction of sp³-hybridized carbons (Fsp3) is 0.409. The lowest BCUT2D eigenvalue weighted by Crippen LogP contribution is -2.26. The van der Waals surface area contributed by atoms with Crippen molar-refractivity contribution in [3.8, 4) is 11.5 Å². The summed E-state index contributed by atoms with van der Waals surface area (Å²) in [5.74, 6) is 1.32. The van der Waals surface area contributed by atoms with Gasteiger partial charge in [-0.1, -0.05) is 12.1 Å². The molecule has 142 valence electrons. The van der Waals surface area contributed by atoms with E-state index in [0.717, 1.165) is 29.7 Å². The van der Waals surface area contributed by atoms with Crippen LogP contribution in [0.3, 0.4) is 0 Å². The van der Waals surface area contributed by atoms with Gasteiger partial charge in [0.25, 0.3) is 5.91 Å². The summed E-state index contributed by atoms with van der Waals surface area (Å²) in [5.41, 5.74) is 3.17. The third-order valence-corrected chi connectivity index (χ3v) is 5.61. The number of fused-ring (bicyclic) bond motifs is 1. The van der Waals surface area contributed by atoms with Crippen molar-refractivity contribution < 1.29 is 19.4 Å². The highest BCUT2D eigenvalue weighted by molar-refractivity contribution is 6.11. The second kappa shape index (κ2) is 7.24. The van der Waals surface area contributed by atoms with Crippen molar-refractivity contribution in [1.82, 2.24) is 0 Å². The number of hydrogen-bond donors (Lipinski definition) is 1. The molecule has 0 aromatic heterocycles. The number of aliphatic hydroxyl groups excluding tert-OH is 1. The van der Waals surface area contributed by atoms with E-state index in [1.807, 2.05) is 37.3 Å². The zero-order chi connectivity index (χ0) is 19.0. The molecule has 4 rings (SSSR count). The van der Waals surface area contributed by atoms with Crippen LogP contribution in [0.25, 0.3) is 0 Å². The van der Waals surface area contributed by atoms with E-state index in [9.17, 15) is 9.90 Å². The number of carbonyl (C=O) groups excluding carboxylic acids is 1. The van der Waals surface area contributed by atoms with Gasteiger partial charge in [0.1, 0.15) is 0 Å². The Morgan fingerprint density at radius 3 is 2.59 bits per heavy atom. The van der Waals surface area contributed by atoms with Gasteiger partial charge in [-0.05, 0) is 61.9 Å². The monoisotopic (exact) mass is 367 g/mol. The fourth-order valence-corrected chi connectivity index (χ4v) is 4.13. The van der Waals surface area contributed by atoms with Gasteiger partial charge in [-0.15, -0.1) is 0 Å². The highest BCUT2D eigenvalue weighted by Crippen LogP contribution is 2.41. The lowest BCUT2D eigenvalue weighted by molar-refractivity contribution is 0.0992. The smallest absolute Gasteiger partial charge is 0.259 e. The summed E-state index contributed by atoms with van der Waals surface area (Å²) >= 11 is 0. The maximum atomic E-state index is 13.1. The second-order valence-electron chi connectivity index (χ2n) is 7.29. The minimum Gasteiger partial charge on any atom is -0.493 e. The molecule has 1 fully saturated rings. The molecule has 1 heterocycles. The molecule has 27 heavy (non-hydrogen) atoms. The number of benzene rings is 2. The minimum absolute atomic E-state index is 0.0511. The Morgan fingerprint density at radius 2 is 1.89 bits per heavy atom. The van der Waals surface area contributed by atoms with Crippen LogP contribution in [-0.2, 0) is 6.61 Å². The van der Waals surface area contributed by atoms with E-state index in [2.05, 4.69) is 0 Å². The SMILES string of the molecule is COc1ccc(N2C(=O)c3cc(CO)ccc3C2C)cc1OC1CCCC1. The average molecular weight is 367 g/mol. The number of rotatable bonds is 5. The molecule has 2 aliphatic rings. The van der Waals surface area contributed by atoms with Crippen molar-refractivity contribution in [2.45, 2.75) is 51.4 Å². The Kier molecular flexibility index (Phi) is 4.79. The third-order valence-electron chi connectivity index (χ3n) is 5.61. The van der Waals surface area contributed by atoms with Crippen molar-refractivity contribution in [2.24, 2.45) is 0 Å². The van der Waals surface area contributed by atoms with E-state index in [1.165, 1.54) is 12.8 Å². The lowest BCUT2D eigenvalue weighted by atomic mass is 10.0. The molecule has 0 saturated heterocycles. The van der Waals surface area contributed by atoms with Crippen molar-refractivity contribution >= 4 is 11.6 Å². The zero-order valence-electron chi connectivity index (χ0n) is 15.8. The quantitative estimate of drug-likeness (QED) is 0.859. The van der Waals surface area contributed by atoms with E-state index in [0.29, 0.717) is 17.1 Å². The number of amides is 1. The molecule has 0 bridgehead atoms. The van der Waals surface area contributed by atoms with E-state index in [-0.39, 0.29) is 24.7 Å². The molecular weight excluding hydrogens is 342 g/mol. The first-order valence-corrected chi connectivity index (χ1v) is 9.54. The number of anilines is 1. The third kappa shape index (κ3) is 3.16. The Balaban J connectivity index is 1.67. The molecule has 1 N–H and O–H groups in total.